The number of phenols is 1. The topological polar surface area (TPSA) is 102 Å². The number of phenolic OH excluding ortho intramolecular Hbond substituents is 1. The third-order valence-corrected chi connectivity index (χ3v) is 5.34. The zero-order chi connectivity index (χ0) is 22.2. The summed E-state index contributed by atoms with van der Waals surface area (Å²) in [6.45, 7) is 2.91. The van der Waals surface area contributed by atoms with E-state index in [0.29, 0.717) is 23.8 Å². The number of carbonyl (C=O) groups excluding carboxylic acids is 1. The fourth-order valence-corrected chi connectivity index (χ4v) is 3.52. The third-order valence-electron chi connectivity index (χ3n) is 5.34. The van der Waals surface area contributed by atoms with Crippen LogP contribution < -0.4 is 4.74 Å². The van der Waals surface area contributed by atoms with Crippen molar-refractivity contribution >= 4 is 17.7 Å². The van der Waals surface area contributed by atoms with E-state index in [9.17, 15) is 20.0 Å². The van der Waals surface area contributed by atoms with E-state index in [1.807, 2.05) is 0 Å². The second-order valence-electron chi connectivity index (χ2n) is 7.54. The molecule has 164 valence electrons. The molecule has 3 rings (SSSR count). The van der Waals surface area contributed by atoms with Crippen molar-refractivity contribution in [1.29, 1.82) is 0 Å². The van der Waals surface area contributed by atoms with Gasteiger partial charge in [0.1, 0.15) is 0 Å². The number of benzene rings is 2. The second-order valence-corrected chi connectivity index (χ2v) is 7.54. The maximum atomic E-state index is 12.0. The highest BCUT2D eigenvalue weighted by molar-refractivity contribution is 5.87. The first-order valence-electron chi connectivity index (χ1n) is 10.1. The van der Waals surface area contributed by atoms with Crippen LogP contribution in [0.25, 0.3) is 6.08 Å². The monoisotopic (exact) mass is 426 g/mol. The average molecular weight is 426 g/mol. The Morgan fingerprint density at radius 2 is 1.94 bits per heavy atom. The van der Waals surface area contributed by atoms with Gasteiger partial charge in [-0.1, -0.05) is 18.2 Å². The number of aromatic hydroxyl groups is 1. The number of nitro benzene ring substituents is 1. The van der Waals surface area contributed by atoms with Crippen LogP contribution in [0, 0.1) is 16.0 Å². The molecule has 0 unspecified atom stereocenters. The van der Waals surface area contributed by atoms with Crippen LogP contribution in [0.5, 0.6) is 11.5 Å². The van der Waals surface area contributed by atoms with Crippen LogP contribution in [0.1, 0.15) is 24.0 Å². The predicted octanol–water partition coefficient (Wildman–Crippen LogP) is 3.78. The van der Waals surface area contributed by atoms with Crippen molar-refractivity contribution < 1.29 is 24.3 Å². The number of carbonyl (C=O) groups is 1. The number of hydrogen-bond acceptors (Lipinski definition) is 7. The van der Waals surface area contributed by atoms with Crippen LogP contribution in [-0.2, 0) is 16.1 Å². The molecule has 1 aliphatic heterocycles. The maximum absolute atomic E-state index is 12.0. The molecule has 0 atom stereocenters. The van der Waals surface area contributed by atoms with E-state index >= 15 is 0 Å². The van der Waals surface area contributed by atoms with Gasteiger partial charge in [0.25, 0.3) is 5.69 Å². The Kier molecular flexibility index (Phi) is 7.61. The van der Waals surface area contributed by atoms with E-state index in [2.05, 4.69) is 4.90 Å². The lowest BCUT2D eigenvalue weighted by atomic mass is 9.97. The van der Waals surface area contributed by atoms with Crippen LogP contribution in [0.15, 0.2) is 48.5 Å². The van der Waals surface area contributed by atoms with E-state index in [1.54, 1.807) is 30.3 Å². The Bertz CT molecular complexity index is 934. The molecule has 1 N–H and O–H groups in total. The molecule has 31 heavy (non-hydrogen) atoms. The first kappa shape index (κ1) is 22.3. The third kappa shape index (κ3) is 6.55. The molecule has 0 spiro atoms. The van der Waals surface area contributed by atoms with Gasteiger partial charge in [-0.25, -0.2) is 4.79 Å². The first-order chi connectivity index (χ1) is 14.9. The van der Waals surface area contributed by atoms with Crippen LogP contribution in [0.2, 0.25) is 0 Å². The van der Waals surface area contributed by atoms with E-state index in [-0.39, 0.29) is 11.4 Å². The molecule has 1 aliphatic rings. The smallest absolute Gasteiger partial charge is 0.330 e. The minimum atomic E-state index is -0.413. The molecule has 0 amide bonds. The van der Waals surface area contributed by atoms with Crippen molar-refractivity contribution in [2.45, 2.75) is 19.4 Å². The number of ether oxygens (including phenoxy) is 2. The fourth-order valence-electron chi connectivity index (χ4n) is 3.52. The molecule has 0 bridgehead atoms. The SMILES string of the molecule is COc1ccc(/C=C/C(=O)OCC2CCN(Cc3ccc([N+](=O)[O-])cc3)CC2)cc1O. The average Bonchev–Trinajstić information content (AvgIpc) is 2.77. The second kappa shape index (κ2) is 10.6. The Labute approximate surface area is 180 Å². The highest BCUT2D eigenvalue weighted by Gasteiger charge is 2.20. The minimum Gasteiger partial charge on any atom is -0.504 e. The van der Waals surface area contributed by atoms with Gasteiger partial charge in [0.05, 0.1) is 18.6 Å². The highest BCUT2D eigenvalue weighted by Crippen LogP contribution is 2.26. The Morgan fingerprint density at radius 3 is 2.55 bits per heavy atom. The summed E-state index contributed by atoms with van der Waals surface area (Å²) in [7, 11) is 1.47. The number of likely N-dealkylation sites (tertiary alicyclic amines) is 1. The minimum absolute atomic E-state index is 0.0125. The lowest BCUT2D eigenvalue weighted by molar-refractivity contribution is -0.384. The maximum Gasteiger partial charge on any atom is 0.330 e. The number of methoxy groups -OCH3 is 1. The van der Waals surface area contributed by atoms with E-state index < -0.39 is 10.9 Å². The molecule has 0 saturated carbocycles. The van der Waals surface area contributed by atoms with Gasteiger partial charge in [-0.05, 0) is 61.2 Å². The largest absolute Gasteiger partial charge is 0.504 e. The number of nitro groups is 1. The molecule has 1 saturated heterocycles. The van der Waals surface area contributed by atoms with Gasteiger partial charge in [0, 0.05) is 24.8 Å². The number of esters is 1. The quantitative estimate of drug-likeness (QED) is 0.297. The molecule has 0 aromatic heterocycles. The Balaban J connectivity index is 1.39. The van der Waals surface area contributed by atoms with Crippen LogP contribution in [0.3, 0.4) is 0 Å². The Morgan fingerprint density at radius 1 is 1.23 bits per heavy atom. The van der Waals surface area contributed by atoms with Crippen LogP contribution in [0.4, 0.5) is 5.69 Å². The van der Waals surface area contributed by atoms with Gasteiger partial charge in [-0.3, -0.25) is 15.0 Å². The molecule has 1 heterocycles. The van der Waals surface area contributed by atoms with Crippen molar-refractivity contribution in [2.75, 3.05) is 26.8 Å². The van der Waals surface area contributed by atoms with Gasteiger partial charge < -0.3 is 14.6 Å². The molecule has 1 fully saturated rings. The van der Waals surface area contributed by atoms with E-state index in [0.717, 1.165) is 38.0 Å². The lowest BCUT2D eigenvalue weighted by Crippen LogP contribution is -2.34. The zero-order valence-electron chi connectivity index (χ0n) is 17.4. The van der Waals surface area contributed by atoms with Crippen molar-refractivity contribution in [3.8, 4) is 11.5 Å². The highest BCUT2D eigenvalue weighted by atomic mass is 16.6. The molecular weight excluding hydrogens is 400 g/mol. The summed E-state index contributed by atoms with van der Waals surface area (Å²) in [4.78, 5) is 24.6. The van der Waals surface area contributed by atoms with Crippen LogP contribution in [-0.4, -0.2) is 47.7 Å². The zero-order valence-corrected chi connectivity index (χ0v) is 17.4. The molecular formula is C23H26N2O6. The normalized spacial score (nSPS) is 15.1. The molecule has 0 radical (unpaired) electrons. The summed E-state index contributed by atoms with van der Waals surface area (Å²) in [6.07, 6.45) is 4.80. The van der Waals surface area contributed by atoms with E-state index in [4.69, 9.17) is 9.47 Å². The van der Waals surface area contributed by atoms with Gasteiger partial charge in [0.2, 0.25) is 0 Å². The van der Waals surface area contributed by atoms with Crippen molar-refractivity contribution in [3.05, 3.63) is 69.8 Å². The van der Waals surface area contributed by atoms with Gasteiger partial charge >= 0.3 is 5.97 Å². The molecule has 2 aromatic rings. The van der Waals surface area contributed by atoms with Gasteiger partial charge in [-0.2, -0.15) is 0 Å². The summed E-state index contributed by atoms with van der Waals surface area (Å²) in [5.74, 6) is 0.289. The number of hydrogen-bond donors (Lipinski definition) is 1. The van der Waals surface area contributed by atoms with Crippen molar-refractivity contribution in [1.82, 2.24) is 4.90 Å². The fraction of sp³-hybridized carbons (Fsp3) is 0.348. The van der Waals surface area contributed by atoms with E-state index in [1.165, 1.54) is 31.4 Å². The van der Waals surface area contributed by atoms with Crippen molar-refractivity contribution in [2.24, 2.45) is 5.92 Å². The molecule has 8 heteroatoms. The summed E-state index contributed by atoms with van der Waals surface area (Å²) in [5.41, 5.74) is 1.82. The summed E-state index contributed by atoms with van der Waals surface area (Å²) in [6, 6.07) is 11.5. The van der Waals surface area contributed by atoms with Gasteiger partial charge in [0.15, 0.2) is 11.5 Å². The summed E-state index contributed by atoms with van der Waals surface area (Å²) < 4.78 is 10.4. The molecule has 0 aliphatic carbocycles. The number of nitrogens with zero attached hydrogens (tertiary/aromatic N) is 2. The predicted molar refractivity (Wildman–Crippen MR) is 116 cm³/mol. The van der Waals surface area contributed by atoms with Crippen LogP contribution >= 0.6 is 0 Å². The summed E-state index contributed by atoms with van der Waals surface area (Å²) >= 11 is 0. The Hall–Kier alpha value is -3.39. The summed E-state index contributed by atoms with van der Waals surface area (Å²) in [5, 5.41) is 20.5. The molecule has 2 aromatic carbocycles. The van der Waals surface area contributed by atoms with Gasteiger partial charge in [-0.15, -0.1) is 0 Å². The lowest BCUT2D eigenvalue weighted by Gasteiger charge is -2.31. The number of piperidine rings is 1. The number of non-ortho nitro benzene ring substituents is 1. The number of rotatable bonds is 8. The standard InChI is InChI=1S/C23H26N2O6/c1-30-22-8-4-17(14-21(22)26)5-9-23(27)31-16-19-10-12-24(13-11-19)15-18-2-6-20(7-3-18)25(28)29/h2-9,14,19,26H,10-13,15-16H2,1H3/b9-5+. The van der Waals surface area contributed by atoms with Crippen molar-refractivity contribution in [3.63, 3.8) is 0 Å². The molecule has 8 nitrogen and oxygen atoms in total. The first-order valence-corrected chi connectivity index (χ1v) is 10.1.